The molecule has 0 fully saturated rings. The van der Waals surface area contributed by atoms with Crippen LogP contribution in [-0.4, -0.2) is 23.5 Å². The molecule has 4 rings (SSSR count). The summed E-state index contributed by atoms with van der Waals surface area (Å²) in [5, 5.41) is 21.7. The van der Waals surface area contributed by atoms with Crippen LogP contribution in [0, 0.1) is 5.41 Å². The number of nitrogens with zero attached hydrogens (tertiary/aromatic N) is 1. The molecule has 0 saturated heterocycles. The van der Waals surface area contributed by atoms with E-state index in [0.29, 0.717) is 0 Å². The molecule has 2 aliphatic rings. The summed E-state index contributed by atoms with van der Waals surface area (Å²) in [6.07, 6.45) is 7.79. The van der Waals surface area contributed by atoms with Crippen molar-refractivity contribution in [1.29, 1.82) is 0 Å². The maximum atomic E-state index is 12.0. The van der Waals surface area contributed by atoms with Gasteiger partial charge in [-0.3, -0.25) is 4.98 Å². The van der Waals surface area contributed by atoms with Gasteiger partial charge in [0, 0.05) is 28.4 Å². The highest BCUT2D eigenvalue weighted by molar-refractivity contribution is 6.74. The molecule has 0 saturated carbocycles. The minimum atomic E-state index is -2.07. The summed E-state index contributed by atoms with van der Waals surface area (Å²) in [4.78, 5) is 5.37. The number of hydrogen-bond acceptors (Lipinski definition) is 4. The number of pyridine rings is 1. The molecule has 4 nitrogen and oxygen atoms in total. The van der Waals surface area contributed by atoms with Gasteiger partial charge in [-0.25, -0.2) is 0 Å². The highest BCUT2D eigenvalue weighted by Crippen LogP contribution is 2.52. The first kappa shape index (κ1) is 29.2. The quantitative estimate of drug-likeness (QED) is 0.277. The highest BCUT2D eigenvalue weighted by atomic mass is 28.4. The van der Waals surface area contributed by atoms with Gasteiger partial charge in [0.15, 0.2) is 8.32 Å². The molecule has 38 heavy (non-hydrogen) atoms. The first-order valence-corrected chi connectivity index (χ1v) is 17.3. The zero-order chi connectivity index (χ0) is 28.0. The van der Waals surface area contributed by atoms with E-state index in [1.807, 2.05) is 24.3 Å². The molecule has 0 bridgehead atoms. The zero-order valence-electron chi connectivity index (χ0n) is 25.1. The molecule has 2 aliphatic carbocycles. The first-order chi connectivity index (χ1) is 17.6. The summed E-state index contributed by atoms with van der Waals surface area (Å²) in [7, 11) is -2.07. The number of hydrogen-bond donors (Lipinski definition) is 2. The molecule has 5 heteroatoms. The zero-order valence-corrected chi connectivity index (χ0v) is 26.1. The van der Waals surface area contributed by atoms with E-state index in [-0.39, 0.29) is 35.0 Å². The van der Waals surface area contributed by atoms with E-state index in [4.69, 9.17) is 9.41 Å². The summed E-state index contributed by atoms with van der Waals surface area (Å²) in [5.74, 6) is 0.424. The van der Waals surface area contributed by atoms with Crippen molar-refractivity contribution in [3.05, 3.63) is 75.6 Å². The Bertz CT molecular complexity index is 1170. The van der Waals surface area contributed by atoms with Gasteiger partial charge in [-0.1, -0.05) is 84.9 Å². The van der Waals surface area contributed by atoms with E-state index in [2.05, 4.69) is 73.7 Å². The molecular weight excluding hydrogens is 486 g/mol. The molecule has 2 N–H and O–H groups in total. The van der Waals surface area contributed by atoms with E-state index in [1.165, 1.54) is 11.1 Å². The van der Waals surface area contributed by atoms with Crippen molar-refractivity contribution in [1.82, 2.24) is 4.98 Å². The molecule has 208 valence electrons. The number of aliphatic hydroxyl groups excluding tert-OH is 2. The van der Waals surface area contributed by atoms with Gasteiger partial charge in [0.25, 0.3) is 0 Å². The van der Waals surface area contributed by atoms with E-state index in [1.54, 1.807) is 0 Å². The van der Waals surface area contributed by atoms with E-state index < -0.39 is 14.4 Å². The Balaban J connectivity index is 1.99. The number of aliphatic hydroxyl groups is 2. The number of allylic oxidation sites excluding steroid dienone is 2. The Morgan fingerprint density at radius 1 is 1.11 bits per heavy atom. The van der Waals surface area contributed by atoms with Crippen molar-refractivity contribution in [2.45, 2.75) is 123 Å². The lowest BCUT2D eigenvalue weighted by Gasteiger charge is -2.45. The van der Waals surface area contributed by atoms with Gasteiger partial charge in [-0.15, -0.1) is 0 Å². The number of rotatable bonds is 7. The lowest BCUT2D eigenvalue weighted by Crippen LogP contribution is -2.44. The predicted molar refractivity (Wildman–Crippen MR) is 159 cm³/mol. The molecule has 0 aliphatic heterocycles. The highest BCUT2D eigenvalue weighted by Gasteiger charge is 2.45. The Morgan fingerprint density at radius 2 is 1.76 bits per heavy atom. The van der Waals surface area contributed by atoms with Crippen LogP contribution in [0.15, 0.2) is 36.4 Å². The third-order valence-electron chi connectivity index (χ3n) is 9.05. The second kappa shape index (κ2) is 10.6. The molecule has 2 aromatic rings. The number of benzene rings is 1. The predicted octanol–water partition coefficient (Wildman–Crippen LogP) is 8.25. The van der Waals surface area contributed by atoms with Crippen LogP contribution in [0.25, 0.3) is 0 Å². The fraction of sp³-hybridized carbons (Fsp3) is 0.606. The second-order valence-electron chi connectivity index (χ2n) is 14.2. The maximum Gasteiger partial charge on any atom is 0.192 e. The lowest BCUT2D eigenvalue weighted by atomic mass is 9.70. The van der Waals surface area contributed by atoms with Crippen LogP contribution in [0.3, 0.4) is 0 Å². The monoisotopic (exact) mass is 535 g/mol. The molecule has 1 aromatic carbocycles. The molecular formula is C33H49NO3Si. The summed E-state index contributed by atoms with van der Waals surface area (Å²) in [6, 6.07) is 7.70. The van der Waals surface area contributed by atoms with Crippen LogP contribution in [0.1, 0.15) is 131 Å². The minimum absolute atomic E-state index is 0.00556. The topological polar surface area (TPSA) is 62.6 Å². The van der Waals surface area contributed by atoms with Gasteiger partial charge in [-0.2, -0.15) is 0 Å². The van der Waals surface area contributed by atoms with Crippen molar-refractivity contribution < 1.29 is 14.6 Å². The van der Waals surface area contributed by atoms with Gasteiger partial charge in [0.05, 0.1) is 12.7 Å². The van der Waals surface area contributed by atoms with Crippen molar-refractivity contribution in [3.63, 3.8) is 0 Å². The van der Waals surface area contributed by atoms with Crippen LogP contribution >= 0.6 is 0 Å². The largest absolute Gasteiger partial charge is 0.410 e. The molecule has 1 heterocycles. The Hall–Kier alpha value is -1.79. The van der Waals surface area contributed by atoms with Gasteiger partial charge in [0.1, 0.15) is 6.10 Å². The summed E-state index contributed by atoms with van der Waals surface area (Å²) < 4.78 is 7.24. The van der Waals surface area contributed by atoms with E-state index in [9.17, 15) is 10.2 Å². The Kier molecular flexibility index (Phi) is 8.18. The summed E-state index contributed by atoms with van der Waals surface area (Å²) in [5.41, 5.74) is 7.41. The molecule has 0 amide bonds. The Morgan fingerprint density at radius 3 is 2.29 bits per heavy atom. The third kappa shape index (κ3) is 5.72. The first-order valence-electron chi connectivity index (χ1n) is 14.4. The van der Waals surface area contributed by atoms with Crippen LogP contribution in [0.4, 0.5) is 0 Å². The Labute approximate surface area is 231 Å². The molecule has 2 unspecified atom stereocenters. The normalized spacial score (nSPS) is 22.1. The van der Waals surface area contributed by atoms with Gasteiger partial charge in [0.2, 0.25) is 0 Å². The van der Waals surface area contributed by atoms with Gasteiger partial charge >= 0.3 is 0 Å². The second-order valence-corrected chi connectivity index (χ2v) is 18.9. The lowest BCUT2D eigenvalue weighted by molar-refractivity contribution is 0.104. The summed E-state index contributed by atoms with van der Waals surface area (Å²) >= 11 is 0. The molecule has 1 aromatic heterocycles. The standard InChI is InChI=1S/C33H49NO3Si/c1-21(2)30-29(31(36)24-16-14-22(20-35)15-17-24)27(23-12-10-11-13-23)28-25(34-30)18-33(6,7)19-26(28)37-38(8,9)32(3,4)5/h10,12,14-17,21,23,26,31,35-36H,11,13,18-20H2,1-9H3/t23?,26?,31-/m0/s1. The minimum Gasteiger partial charge on any atom is -0.410 e. The average molecular weight is 536 g/mol. The number of aromatic nitrogens is 1. The van der Waals surface area contributed by atoms with Crippen molar-refractivity contribution in [2.24, 2.45) is 5.41 Å². The number of fused-ring (bicyclic) bond motifs is 1. The SMILES string of the molecule is CC(C)c1nc2c(c(C3C=CCC3)c1[C@@H](O)c1ccc(CO)cc1)C(O[Si](C)(C)C(C)(C)C)CC(C)(C)C2. The van der Waals surface area contributed by atoms with Crippen LogP contribution in [-0.2, 0) is 17.5 Å². The van der Waals surface area contributed by atoms with Gasteiger partial charge < -0.3 is 14.6 Å². The van der Waals surface area contributed by atoms with Crippen molar-refractivity contribution in [2.75, 3.05) is 0 Å². The van der Waals surface area contributed by atoms with E-state index >= 15 is 0 Å². The fourth-order valence-electron chi connectivity index (χ4n) is 5.93. The van der Waals surface area contributed by atoms with Crippen molar-refractivity contribution in [3.8, 4) is 0 Å². The molecule has 0 spiro atoms. The van der Waals surface area contributed by atoms with Crippen LogP contribution < -0.4 is 0 Å². The van der Waals surface area contributed by atoms with E-state index in [0.717, 1.165) is 53.8 Å². The smallest absolute Gasteiger partial charge is 0.192 e. The third-order valence-corrected chi connectivity index (χ3v) is 13.5. The van der Waals surface area contributed by atoms with Crippen molar-refractivity contribution >= 4 is 8.32 Å². The average Bonchev–Trinajstić information content (AvgIpc) is 3.35. The van der Waals surface area contributed by atoms with Crippen LogP contribution in [0.2, 0.25) is 18.1 Å². The van der Waals surface area contributed by atoms with Gasteiger partial charge in [-0.05, 0) is 71.8 Å². The molecule has 3 atom stereocenters. The fourth-order valence-corrected chi connectivity index (χ4v) is 7.20. The van der Waals surface area contributed by atoms with Crippen LogP contribution in [0.5, 0.6) is 0 Å². The summed E-state index contributed by atoms with van der Waals surface area (Å²) in [6.45, 7) is 20.7. The maximum absolute atomic E-state index is 12.0. The molecule has 0 radical (unpaired) electrons.